The van der Waals surface area contributed by atoms with Crippen LogP contribution in [0.5, 0.6) is 5.75 Å². The van der Waals surface area contributed by atoms with E-state index >= 15 is 0 Å². The van der Waals surface area contributed by atoms with Gasteiger partial charge in [-0.25, -0.2) is 4.98 Å². The number of amides is 1. The Hall–Kier alpha value is -2.92. The number of rotatable bonds is 6. The Kier molecular flexibility index (Phi) is 5.49. The van der Waals surface area contributed by atoms with Crippen LogP contribution >= 0.6 is 11.3 Å². The third-order valence-electron chi connectivity index (χ3n) is 5.07. The average molecular weight is 405 g/mol. The first-order valence-electron chi connectivity index (χ1n) is 9.92. The molecule has 148 valence electrons. The molecule has 0 spiro atoms. The highest BCUT2D eigenvalue weighted by Crippen LogP contribution is 2.31. The van der Waals surface area contributed by atoms with Crippen LogP contribution in [0.4, 0.5) is 5.69 Å². The zero-order chi connectivity index (χ0) is 20.4. The van der Waals surface area contributed by atoms with Crippen LogP contribution in [-0.4, -0.2) is 24.5 Å². The first kappa shape index (κ1) is 19.4. The fourth-order valence-electron chi connectivity index (χ4n) is 3.46. The minimum Gasteiger partial charge on any atom is -0.497 e. The molecule has 29 heavy (non-hydrogen) atoms. The summed E-state index contributed by atoms with van der Waals surface area (Å²) in [4.78, 5) is 21.5. The number of carbonyl (C=O) groups is 1. The molecular weight excluding hydrogens is 380 g/mol. The molecule has 1 amide bonds. The van der Waals surface area contributed by atoms with Gasteiger partial charge in [0, 0.05) is 23.0 Å². The van der Waals surface area contributed by atoms with Crippen molar-refractivity contribution in [2.45, 2.75) is 26.7 Å². The Morgan fingerprint density at radius 2 is 1.83 bits per heavy atom. The number of hydrogen-bond acceptors (Lipinski definition) is 4. The molecule has 0 N–H and O–H groups in total. The Bertz CT molecular complexity index is 1160. The number of hydrogen-bond donors (Lipinski definition) is 0. The van der Waals surface area contributed by atoms with E-state index in [4.69, 9.17) is 9.72 Å². The molecule has 2 aromatic carbocycles. The Morgan fingerprint density at radius 1 is 1.03 bits per heavy atom. The highest BCUT2D eigenvalue weighted by molar-refractivity contribution is 7.20. The zero-order valence-electron chi connectivity index (χ0n) is 16.9. The number of anilines is 1. The Labute approximate surface area is 174 Å². The monoisotopic (exact) mass is 404 g/mol. The summed E-state index contributed by atoms with van der Waals surface area (Å²) < 4.78 is 5.32. The fourth-order valence-corrected chi connectivity index (χ4v) is 4.43. The lowest BCUT2D eigenvalue weighted by molar-refractivity contribution is 0.0991. The number of aromatic nitrogens is 1. The molecule has 0 saturated carbocycles. The molecule has 0 unspecified atom stereocenters. The lowest BCUT2D eigenvalue weighted by Crippen LogP contribution is -2.31. The van der Waals surface area contributed by atoms with Crippen LogP contribution in [0.25, 0.3) is 21.1 Å². The van der Waals surface area contributed by atoms with Gasteiger partial charge in [0.15, 0.2) is 0 Å². The number of aryl methyl sites for hydroxylation is 1. The lowest BCUT2D eigenvalue weighted by Gasteiger charge is -2.22. The molecule has 4 rings (SSSR count). The summed E-state index contributed by atoms with van der Waals surface area (Å²) in [7, 11) is 1.66. The number of benzene rings is 2. The van der Waals surface area contributed by atoms with Crippen molar-refractivity contribution < 1.29 is 9.53 Å². The summed E-state index contributed by atoms with van der Waals surface area (Å²) >= 11 is 1.45. The van der Waals surface area contributed by atoms with Crippen molar-refractivity contribution in [2.75, 3.05) is 18.6 Å². The van der Waals surface area contributed by atoms with E-state index in [0.29, 0.717) is 11.4 Å². The van der Waals surface area contributed by atoms with Crippen LogP contribution in [0.1, 0.15) is 35.5 Å². The van der Waals surface area contributed by atoms with Crippen molar-refractivity contribution >= 4 is 44.1 Å². The molecule has 2 aromatic heterocycles. The van der Waals surface area contributed by atoms with Crippen molar-refractivity contribution in [1.82, 2.24) is 4.98 Å². The van der Waals surface area contributed by atoms with Gasteiger partial charge in [0.05, 0.1) is 17.5 Å². The molecule has 0 radical (unpaired) electrons. The third-order valence-corrected chi connectivity index (χ3v) is 6.10. The minimum absolute atomic E-state index is 0.0285. The number of ether oxygens (including phenoxy) is 1. The van der Waals surface area contributed by atoms with Gasteiger partial charge in [-0.3, -0.25) is 4.79 Å². The second-order valence-corrected chi connectivity index (χ2v) is 8.06. The predicted molar refractivity (Wildman–Crippen MR) is 121 cm³/mol. The van der Waals surface area contributed by atoms with Gasteiger partial charge in [-0.15, -0.1) is 11.3 Å². The van der Waals surface area contributed by atoms with Crippen LogP contribution in [0.2, 0.25) is 0 Å². The molecular formula is C24H24N2O2S. The molecule has 0 bridgehead atoms. The minimum atomic E-state index is 0.0285. The van der Waals surface area contributed by atoms with Crippen molar-refractivity contribution in [3.63, 3.8) is 0 Å². The average Bonchev–Trinajstić information content (AvgIpc) is 3.18. The van der Waals surface area contributed by atoms with Gasteiger partial charge in [0.25, 0.3) is 5.91 Å². The standard InChI is InChI=1S/C24H24N2O2S/c1-4-12-26(19-8-6-16(5-2)7-9-19)24(27)22-15-18-13-17-14-20(28-3)10-11-21(17)25-23(18)29-22/h6-11,13-15H,4-5,12H2,1-3H3. The van der Waals surface area contributed by atoms with Gasteiger partial charge >= 0.3 is 0 Å². The van der Waals surface area contributed by atoms with Gasteiger partial charge < -0.3 is 9.64 Å². The van der Waals surface area contributed by atoms with E-state index in [1.807, 2.05) is 41.3 Å². The molecule has 0 saturated heterocycles. The molecule has 0 atom stereocenters. The number of fused-ring (bicyclic) bond motifs is 2. The Morgan fingerprint density at radius 3 is 2.52 bits per heavy atom. The highest BCUT2D eigenvalue weighted by atomic mass is 32.1. The highest BCUT2D eigenvalue weighted by Gasteiger charge is 2.20. The molecule has 0 fully saturated rings. The van der Waals surface area contributed by atoms with E-state index in [0.717, 1.165) is 45.4 Å². The summed E-state index contributed by atoms with van der Waals surface area (Å²) in [6.07, 6.45) is 1.89. The maximum atomic E-state index is 13.3. The molecule has 0 aliphatic rings. The summed E-state index contributed by atoms with van der Waals surface area (Å²) in [6.45, 7) is 4.91. The first-order chi connectivity index (χ1) is 14.1. The predicted octanol–water partition coefficient (Wildman–Crippen LogP) is 6.08. The number of pyridine rings is 1. The summed E-state index contributed by atoms with van der Waals surface area (Å²) in [6, 6.07) is 18.1. The van der Waals surface area contributed by atoms with Crippen molar-refractivity contribution in [3.05, 3.63) is 65.0 Å². The summed E-state index contributed by atoms with van der Waals surface area (Å²) in [5, 5.41) is 1.99. The van der Waals surface area contributed by atoms with Gasteiger partial charge in [-0.05, 0) is 60.9 Å². The maximum absolute atomic E-state index is 13.3. The van der Waals surface area contributed by atoms with E-state index in [-0.39, 0.29) is 5.91 Å². The number of thiophene rings is 1. The van der Waals surface area contributed by atoms with E-state index in [1.54, 1.807) is 7.11 Å². The Balaban J connectivity index is 1.72. The van der Waals surface area contributed by atoms with E-state index < -0.39 is 0 Å². The second-order valence-electron chi connectivity index (χ2n) is 7.03. The van der Waals surface area contributed by atoms with E-state index in [2.05, 4.69) is 32.0 Å². The van der Waals surface area contributed by atoms with E-state index in [9.17, 15) is 4.79 Å². The molecule has 0 aliphatic carbocycles. The number of methoxy groups -OCH3 is 1. The van der Waals surface area contributed by atoms with Crippen LogP contribution in [0.15, 0.2) is 54.6 Å². The van der Waals surface area contributed by atoms with Crippen LogP contribution < -0.4 is 9.64 Å². The molecule has 4 aromatic rings. The molecule has 2 heterocycles. The quantitative estimate of drug-likeness (QED) is 0.391. The number of nitrogens with zero attached hydrogens (tertiary/aromatic N) is 2. The largest absolute Gasteiger partial charge is 0.497 e. The first-order valence-corrected chi connectivity index (χ1v) is 10.7. The van der Waals surface area contributed by atoms with Crippen molar-refractivity contribution in [3.8, 4) is 5.75 Å². The van der Waals surface area contributed by atoms with E-state index in [1.165, 1.54) is 16.9 Å². The molecule has 0 aliphatic heterocycles. The fraction of sp³-hybridized carbons (Fsp3) is 0.250. The smallest absolute Gasteiger partial charge is 0.268 e. The zero-order valence-corrected chi connectivity index (χ0v) is 17.8. The van der Waals surface area contributed by atoms with Crippen molar-refractivity contribution in [2.24, 2.45) is 0 Å². The van der Waals surface area contributed by atoms with Gasteiger partial charge in [-0.1, -0.05) is 26.0 Å². The van der Waals surface area contributed by atoms with Gasteiger partial charge in [-0.2, -0.15) is 0 Å². The second kappa shape index (κ2) is 8.21. The number of carbonyl (C=O) groups excluding carboxylic acids is 1. The lowest BCUT2D eigenvalue weighted by atomic mass is 10.1. The summed E-state index contributed by atoms with van der Waals surface area (Å²) in [5.41, 5.74) is 3.11. The van der Waals surface area contributed by atoms with Crippen LogP contribution in [0.3, 0.4) is 0 Å². The molecule has 4 nitrogen and oxygen atoms in total. The SMILES string of the molecule is CCCN(C(=O)c1cc2cc3cc(OC)ccc3nc2s1)c1ccc(CC)cc1. The molecule has 5 heteroatoms. The van der Waals surface area contributed by atoms with Crippen LogP contribution in [0, 0.1) is 0 Å². The topological polar surface area (TPSA) is 42.4 Å². The van der Waals surface area contributed by atoms with Gasteiger partial charge in [0.1, 0.15) is 10.6 Å². The summed E-state index contributed by atoms with van der Waals surface area (Å²) in [5.74, 6) is 0.829. The third kappa shape index (κ3) is 3.83. The van der Waals surface area contributed by atoms with Crippen molar-refractivity contribution in [1.29, 1.82) is 0 Å². The van der Waals surface area contributed by atoms with Gasteiger partial charge in [0.2, 0.25) is 0 Å². The maximum Gasteiger partial charge on any atom is 0.268 e. The normalized spacial score (nSPS) is 11.1. The van der Waals surface area contributed by atoms with Crippen LogP contribution in [-0.2, 0) is 6.42 Å².